The highest BCUT2D eigenvalue weighted by molar-refractivity contribution is 7.99. The molecule has 3 nitrogen and oxygen atoms in total. The summed E-state index contributed by atoms with van der Waals surface area (Å²) in [6.45, 7) is 0. The van der Waals surface area contributed by atoms with Crippen molar-refractivity contribution in [1.29, 1.82) is 0 Å². The number of aromatic nitrogens is 3. The molecule has 2 heterocycles. The van der Waals surface area contributed by atoms with E-state index in [1.54, 1.807) is 23.5 Å². The summed E-state index contributed by atoms with van der Waals surface area (Å²) in [6.07, 6.45) is 2.00. The first-order valence-corrected chi connectivity index (χ1v) is 7.29. The van der Waals surface area contributed by atoms with E-state index in [0.717, 1.165) is 27.4 Å². The Balaban J connectivity index is 2.27. The summed E-state index contributed by atoms with van der Waals surface area (Å²) >= 11 is 9.40. The number of hydrogen-bond acceptors (Lipinski definition) is 4. The van der Waals surface area contributed by atoms with Crippen molar-refractivity contribution in [3.63, 3.8) is 0 Å². The molecule has 16 heavy (non-hydrogen) atoms. The molecule has 1 aromatic carbocycles. The Morgan fingerprint density at radius 2 is 2.31 bits per heavy atom. The third-order valence-electron chi connectivity index (χ3n) is 2.40. The topological polar surface area (TPSA) is 30.7 Å². The maximum absolute atomic E-state index is 6.04. The van der Waals surface area contributed by atoms with Gasteiger partial charge in [-0.05, 0) is 24.5 Å². The van der Waals surface area contributed by atoms with Gasteiger partial charge in [0.25, 0.3) is 0 Å². The molecule has 0 fully saturated rings. The van der Waals surface area contributed by atoms with Gasteiger partial charge in [0.15, 0.2) is 5.16 Å². The molecule has 1 aliphatic heterocycles. The van der Waals surface area contributed by atoms with Gasteiger partial charge in [0.05, 0.1) is 11.4 Å². The van der Waals surface area contributed by atoms with Crippen molar-refractivity contribution in [3.05, 3.63) is 29.0 Å². The molecular weight excluding hydrogens is 262 g/mol. The number of rotatable bonds is 1. The van der Waals surface area contributed by atoms with E-state index in [1.165, 1.54) is 4.90 Å². The molecule has 0 spiro atoms. The smallest absolute Gasteiger partial charge is 0.195 e. The molecular formula is C10H8ClN3S2. The molecule has 1 aromatic heterocycles. The molecule has 0 amide bonds. The highest BCUT2D eigenvalue weighted by Crippen LogP contribution is 2.37. The summed E-state index contributed by atoms with van der Waals surface area (Å²) in [4.78, 5) is 1.23. The lowest BCUT2D eigenvalue weighted by atomic mass is 10.3. The predicted molar refractivity (Wildman–Crippen MR) is 67.7 cm³/mol. The first-order chi connectivity index (χ1) is 7.79. The van der Waals surface area contributed by atoms with E-state index in [0.29, 0.717) is 0 Å². The molecule has 0 N–H and O–H groups in total. The van der Waals surface area contributed by atoms with Gasteiger partial charge in [0.2, 0.25) is 0 Å². The minimum Gasteiger partial charge on any atom is -0.272 e. The number of fused-ring (bicyclic) bond motifs is 3. The van der Waals surface area contributed by atoms with Crippen molar-refractivity contribution in [1.82, 2.24) is 14.8 Å². The lowest BCUT2D eigenvalue weighted by Gasteiger charge is -2.18. The summed E-state index contributed by atoms with van der Waals surface area (Å²) in [6, 6.07) is 5.94. The quantitative estimate of drug-likeness (QED) is 0.744. The first kappa shape index (κ1) is 10.5. The van der Waals surface area contributed by atoms with E-state index in [4.69, 9.17) is 11.6 Å². The Labute approximate surface area is 107 Å². The van der Waals surface area contributed by atoms with Crippen molar-refractivity contribution in [3.8, 4) is 5.69 Å². The van der Waals surface area contributed by atoms with Crippen LogP contribution in [0.4, 0.5) is 0 Å². The number of halogens is 1. The Morgan fingerprint density at radius 3 is 3.12 bits per heavy atom. The average Bonchev–Trinajstić information content (AvgIpc) is 2.72. The Hall–Kier alpha value is -0.650. The van der Waals surface area contributed by atoms with Crippen LogP contribution in [0, 0.1) is 0 Å². The molecule has 0 saturated heterocycles. The molecule has 0 aliphatic carbocycles. The van der Waals surface area contributed by atoms with Gasteiger partial charge in [-0.15, -0.1) is 22.0 Å². The van der Waals surface area contributed by atoms with Crippen LogP contribution < -0.4 is 0 Å². The van der Waals surface area contributed by atoms with Crippen LogP contribution in [0.15, 0.2) is 28.3 Å². The van der Waals surface area contributed by atoms with Crippen LogP contribution in [0.2, 0.25) is 5.02 Å². The van der Waals surface area contributed by atoms with Crippen molar-refractivity contribution >= 4 is 35.1 Å². The van der Waals surface area contributed by atoms with Crippen molar-refractivity contribution in [2.24, 2.45) is 0 Å². The van der Waals surface area contributed by atoms with Crippen LogP contribution in [-0.4, -0.2) is 21.0 Å². The molecule has 3 rings (SSSR count). The van der Waals surface area contributed by atoms with Crippen LogP contribution in [0.5, 0.6) is 0 Å². The maximum atomic E-state index is 6.04. The average molecular weight is 270 g/mol. The minimum atomic E-state index is 0.743. The van der Waals surface area contributed by atoms with Gasteiger partial charge in [-0.2, -0.15) is 0 Å². The van der Waals surface area contributed by atoms with Gasteiger partial charge in [0.1, 0.15) is 5.82 Å². The van der Waals surface area contributed by atoms with E-state index in [1.807, 2.05) is 18.4 Å². The Bertz CT molecular complexity index is 539. The molecule has 6 heteroatoms. The van der Waals surface area contributed by atoms with E-state index < -0.39 is 0 Å². The van der Waals surface area contributed by atoms with Crippen molar-refractivity contribution in [2.75, 3.05) is 6.26 Å². The second kappa shape index (κ2) is 3.98. The molecule has 2 aromatic rings. The first-order valence-electron chi connectivity index (χ1n) is 4.70. The monoisotopic (exact) mass is 269 g/mol. The van der Waals surface area contributed by atoms with Gasteiger partial charge in [-0.3, -0.25) is 4.57 Å². The highest BCUT2D eigenvalue weighted by atomic mass is 35.5. The predicted octanol–water partition coefficient (Wildman–Crippen LogP) is 3.25. The largest absolute Gasteiger partial charge is 0.272 e. The van der Waals surface area contributed by atoms with Gasteiger partial charge in [-0.25, -0.2) is 0 Å². The fourth-order valence-corrected chi connectivity index (χ4v) is 3.31. The highest BCUT2D eigenvalue weighted by Gasteiger charge is 2.21. The summed E-state index contributed by atoms with van der Waals surface area (Å²) in [7, 11) is 0. The van der Waals surface area contributed by atoms with Gasteiger partial charge in [0, 0.05) is 9.92 Å². The van der Waals surface area contributed by atoms with Crippen LogP contribution >= 0.6 is 35.1 Å². The zero-order valence-corrected chi connectivity index (χ0v) is 10.9. The van der Waals surface area contributed by atoms with Gasteiger partial charge >= 0.3 is 0 Å². The van der Waals surface area contributed by atoms with E-state index in [-0.39, 0.29) is 0 Å². The van der Waals surface area contributed by atoms with Crippen LogP contribution in [-0.2, 0) is 5.75 Å². The third-order valence-corrected chi connectivity index (χ3v) is 4.32. The number of nitrogens with zero attached hydrogens (tertiary/aromatic N) is 3. The lowest BCUT2D eigenvalue weighted by Crippen LogP contribution is -2.07. The van der Waals surface area contributed by atoms with Crippen LogP contribution in [0.1, 0.15) is 5.82 Å². The SMILES string of the molecule is CSc1nnc2n1-c1cc(Cl)ccc1SC2. The summed E-state index contributed by atoms with van der Waals surface area (Å²) < 4.78 is 2.09. The van der Waals surface area contributed by atoms with E-state index >= 15 is 0 Å². The molecule has 0 bridgehead atoms. The van der Waals surface area contributed by atoms with Crippen molar-refractivity contribution < 1.29 is 0 Å². The molecule has 0 atom stereocenters. The summed E-state index contributed by atoms with van der Waals surface area (Å²) in [5, 5.41) is 10.0. The minimum absolute atomic E-state index is 0.743. The van der Waals surface area contributed by atoms with E-state index in [9.17, 15) is 0 Å². The number of hydrogen-bond donors (Lipinski definition) is 0. The number of benzene rings is 1. The lowest BCUT2D eigenvalue weighted by molar-refractivity contribution is 0.841. The zero-order chi connectivity index (χ0) is 11.1. The Kier molecular flexibility index (Phi) is 2.61. The van der Waals surface area contributed by atoms with Crippen LogP contribution in [0.3, 0.4) is 0 Å². The van der Waals surface area contributed by atoms with Crippen LogP contribution in [0.25, 0.3) is 5.69 Å². The second-order valence-corrected chi connectivity index (χ2v) is 5.57. The fraction of sp³-hybridized carbons (Fsp3) is 0.200. The van der Waals surface area contributed by atoms with Crippen molar-refractivity contribution in [2.45, 2.75) is 15.8 Å². The molecule has 1 aliphatic rings. The third kappa shape index (κ3) is 1.54. The fourth-order valence-electron chi connectivity index (χ4n) is 1.70. The molecule has 0 saturated carbocycles. The molecule has 82 valence electrons. The number of thioether (sulfide) groups is 2. The maximum Gasteiger partial charge on any atom is 0.195 e. The standard InChI is InChI=1S/C10H8ClN3S2/c1-15-10-13-12-9-5-16-8-3-2-6(11)4-7(8)14(9)10/h2-4H,5H2,1H3. The van der Waals surface area contributed by atoms with Gasteiger partial charge < -0.3 is 0 Å². The van der Waals surface area contributed by atoms with E-state index in [2.05, 4.69) is 20.8 Å². The normalized spacial score (nSPS) is 13.4. The molecule has 0 radical (unpaired) electrons. The zero-order valence-electron chi connectivity index (χ0n) is 8.48. The second-order valence-electron chi connectivity index (χ2n) is 3.34. The Morgan fingerprint density at radius 1 is 1.44 bits per heavy atom. The summed E-state index contributed by atoms with van der Waals surface area (Å²) in [5.74, 6) is 1.85. The van der Waals surface area contributed by atoms with Gasteiger partial charge in [-0.1, -0.05) is 23.4 Å². The molecule has 0 unspecified atom stereocenters. The summed E-state index contributed by atoms with van der Waals surface area (Å²) in [5.41, 5.74) is 1.09.